The second-order valence-corrected chi connectivity index (χ2v) is 4.42. The Balaban J connectivity index is 2.92. The lowest BCUT2D eigenvalue weighted by molar-refractivity contribution is -0.148. The van der Waals surface area contributed by atoms with Crippen LogP contribution in [0.2, 0.25) is 0 Å². The number of ether oxygens (including phenoxy) is 1. The van der Waals surface area contributed by atoms with Crippen LogP contribution in [0, 0.1) is 11.2 Å². The summed E-state index contributed by atoms with van der Waals surface area (Å²) in [6.07, 6.45) is 0. The van der Waals surface area contributed by atoms with Gasteiger partial charge in [-0.1, -0.05) is 0 Å². The van der Waals surface area contributed by atoms with E-state index in [1.54, 1.807) is 0 Å². The van der Waals surface area contributed by atoms with Crippen LogP contribution in [-0.2, 0) is 4.79 Å². The monoisotopic (exact) mass is 256 g/mol. The van der Waals surface area contributed by atoms with Crippen LogP contribution >= 0.6 is 0 Å². The van der Waals surface area contributed by atoms with Gasteiger partial charge in [0, 0.05) is 0 Å². The van der Waals surface area contributed by atoms with Gasteiger partial charge in [-0.25, -0.2) is 9.18 Å². The maximum atomic E-state index is 12.9. The van der Waals surface area contributed by atoms with Crippen LogP contribution in [0.3, 0.4) is 0 Å². The second kappa shape index (κ2) is 5.03. The normalized spacial score (nSPS) is 11.1. The predicted molar refractivity (Wildman–Crippen MR) is 60.3 cm³/mol. The molecule has 0 unspecified atom stereocenters. The van der Waals surface area contributed by atoms with Crippen LogP contribution in [0.5, 0.6) is 5.75 Å². The topological polar surface area (TPSA) is 83.8 Å². The quantitative estimate of drug-likeness (QED) is 0.841. The Morgan fingerprint density at radius 3 is 2.44 bits per heavy atom. The number of aliphatic carboxylic acids is 1. The molecule has 1 aromatic carbocycles. The maximum Gasteiger partial charge on any atom is 0.339 e. The number of carboxylic acid groups (broad SMARTS) is 2. The van der Waals surface area contributed by atoms with E-state index in [1.165, 1.54) is 13.8 Å². The molecular formula is C12H13FO5. The highest BCUT2D eigenvalue weighted by Crippen LogP contribution is 2.23. The Labute approximate surface area is 103 Å². The van der Waals surface area contributed by atoms with Crippen molar-refractivity contribution in [3.63, 3.8) is 0 Å². The summed E-state index contributed by atoms with van der Waals surface area (Å²) in [7, 11) is 0. The van der Waals surface area contributed by atoms with Gasteiger partial charge in [-0.15, -0.1) is 0 Å². The molecular weight excluding hydrogens is 243 g/mol. The zero-order chi connectivity index (χ0) is 13.9. The molecule has 0 saturated carbocycles. The van der Waals surface area contributed by atoms with Crippen molar-refractivity contribution in [2.45, 2.75) is 13.8 Å². The Morgan fingerprint density at radius 1 is 1.33 bits per heavy atom. The Bertz CT molecular complexity index is 481. The molecule has 0 bridgehead atoms. The summed E-state index contributed by atoms with van der Waals surface area (Å²) in [5.41, 5.74) is -1.50. The summed E-state index contributed by atoms with van der Waals surface area (Å²) >= 11 is 0. The Kier molecular flexibility index (Phi) is 3.90. The highest BCUT2D eigenvalue weighted by molar-refractivity contribution is 5.90. The highest BCUT2D eigenvalue weighted by atomic mass is 19.1. The molecule has 1 aromatic rings. The molecule has 0 atom stereocenters. The fourth-order valence-corrected chi connectivity index (χ4v) is 1.12. The minimum Gasteiger partial charge on any atom is -0.492 e. The first-order chi connectivity index (χ1) is 8.24. The lowest BCUT2D eigenvalue weighted by Gasteiger charge is -2.20. The molecule has 0 saturated heterocycles. The van der Waals surface area contributed by atoms with E-state index in [0.29, 0.717) is 0 Å². The molecule has 0 spiro atoms. The first-order valence-electron chi connectivity index (χ1n) is 5.13. The molecule has 0 radical (unpaired) electrons. The number of hydrogen-bond acceptors (Lipinski definition) is 3. The third-order valence-corrected chi connectivity index (χ3v) is 2.34. The SMILES string of the molecule is CC(C)(COc1ccc(F)cc1C(=O)O)C(=O)O. The van der Waals surface area contributed by atoms with Crippen molar-refractivity contribution < 1.29 is 28.9 Å². The van der Waals surface area contributed by atoms with Crippen LogP contribution in [0.1, 0.15) is 24.2 Å². The number of benzene rings is 1. The fourth-order valence-electron chi connectivity index (χ4n) is 1.12. The average Bonchev–Trinajstić information content (AvgIpc) is 2.27. The molecule has 0 aliphatic heterocycles. The molecule has 0 amide bonds. The van der Waals surface area contributed by atoms with Crippen LogP contribution in [0.4, 0.5) is 4.39 Å². The minimum absolute atomic E-state index is 0.0572. The van der Waals surface area contributed by atoms with Crippen LogP contribution < -0.4 is 4.74 Å². The van der Waals surface area contributed by atoms with E-state index in [4.69, 9.17) is 14.9 Å². The van der Waals surface area contributed by atoms with Gasteiger partial charge in [-0.3, -0.25) is 4.79 Å². The molecule has 0 fully saturated rings. The van der Waals surface area contributed by atoms with Gasteiger partial charge < -0.3 is 14.9 Å². The van der Waals surface area contributed by atoms with E-state index in [0.717, 1.165) is 18.2 Å². The molecule has 18 heavy (non-hydrogen) atoms. The van der Waals surface area contributed by atoms with Crippen molar-refractivity contribution in [3.8, 4) is 5.75 Å². The van der Waals surface area contributed by atoms with Gasteiger partial charge in [0.05, 0.1) is 5.41 Å². The molecule has 2 N–H and O–H groups in total. The summed E-state index contributed by atoms with van der Waals surface area (Å²) in [5, 5.41) is 17.8. The fraction of sp³-hybridized carbons (Fsp3) is 0.333. The van der Waals surface area contributed by atoms with E-state index < -0.39 is 23.2 Å². The van der Waals surface area contributed by atoms with Gasteiger partial charge in [-0.05, 0) is 32.0 Å². The zero-order valence-electron chi connectivity index (χ0n) is 9.94. The first kappa shape index (κ1) is 14.0. The smallest absolute Gasteiger partial charge is 0.339 e. The van der Waals surface area contributed by atoms with Crippen molar-refractivity contribution in [2.75, 3.05) is 6.61 Å². The average molecular weight is 256 g/mol. The molecule has 1 rings (SSSR count). The van der Waals surface area contributed by atoms with Gasteiger partial charge >= 0.3 is 11.9 Å². The molecule has 98 valence electrons. The number of halogens is 1. The lowest BCUT2D eigenvalue weighted by Crippen LogP contribution is -2.31. The van der Waals surface area contributed by atoms with E-state index in [-0.39, 0.29) is 17.9 Å². The van der Waals surface area contributed by atoms with Gasteiger partial charge in [0.2, 0.25) is 0 Å². The van der Waals surface area contributed by atoms with Gasteiger partial charge in [0.25, 0.3) is 0 Å². The molecule has 6 heteroatoms. The third-order valence-electron chi connectivity index (χ3n) is 2.34. The van der Waals surface area contributed by atoms with Crippen LogP contribution in [-0.4, -0.2) is 28.8 Å². The predicted octanol–water partition coefficient (Wildman–Crippen LogP) is 2.01. The number of carbonyl (C=O) groups is 2. The standard InChI is InChI=1S/C12H13FO5/c1-12(2,11(16)17)6-18-9-4-3-7(13)5-8(9)10(14)15/h3-5H,6H2,1-2H3,(H,14,15)(H,16,17). The zero-order valence-corrected chi connectivity index (χ0v) is 9.94. The second-order valence-electron chi connectivity index (χ2n) is 4.42. The third kappa shape index (κ3) is 3.19. The number of aromatic carboxylic acids is 1. The van der Waals surface area contributed by atoms with Crippen molar-refractivity contribution in [1.29, 1.82) is 0 Å². The van der Waals surface area contributed by atoms with Crippen molar-refractivity contribution in [1.82, 2.24) is 0 Å². The van der Waals surface area contributed by atoms with Gasteiger partial charge in [0.1, 0.15) is 23.7 Å². The molecule has 5 nitrogen and oxygen atoms in total. The Morgan fingerprint density at radius 2 is 1.94 bits per heavy atom. The van der Waals surface area contributed by atoms with Gasteiger partial charge in [0.15, 0.2) is 0 Å². The minimum atomic E-state index is -1.34. The van der Waals surface area contributed by atoms with E-state index >= 15 is 0 Å². The molecule has 0 aliphatic carbocycles. The van der Waals surface area contributed by atoms with Crippen molar-refractivity contribution >= 4 is 11.9 Å². The number of carboxylic acids is 2. The van der Waals surface area contributed by atoms with Crippen LogP contribution in [0.15, 0.2) is 18.2 Å². The van der Waals surface area contributed by atoms with E-state index in [1.807, 2.05) is 0 Å². The largest absolute Gasteiger partial charge is 0.492 e. The van der Waals surface area contributed by atoms with Crippen molar-refractivity contribution in [3.05, 3.63) is 29.6 Å². The van der Waals surface area contributed by atoms with Gasteiger partial charge in [-0.2, -0.15) is 0 Å². The summed E-state index contributed by atoms with van der Waals surface area (Å²) in [4.78, 5) is 21.7. The maximum absolute atomic E-state index is 12.9. The highest BCUT2D eigenvalue weighted by Gasteiger charge is 2.28. The van der Waals surface area contributed by atoms with E-state index in [9.17, 15) is 14.0 Å². The summed E-state index contributed by atoms with van der Waals surface area (Å²) in [6, 6.07) is 3.04. The lowest BCUT2D eigenvalue weighted by atomic mass is 9.95. The summed E-state index contributed by atoms with van der Waals surface area (Å²) in [6.45, 7) is 2.67. The Hall–Kier alpha value is -2.11. The summed E-state index contributed by atoms with van der Waals surface area (Å²) < 4.78 is 18.0. The molecule has 0 heterocycles. The molecule has 0 aliphatic rings. The number of hydrogen-bond donors (Lipinski definition) is 2. The van der Waals surface area contributed by atoms with Crippen LogP contribution in [0.25, 0.3) is 0 Å². The first-order valence-corrected chi connectivity index (χ1v) is 5.13. The molecule has 0 aromatic heterocycles. The number of rotatable bonds is 5. The van der Waals surface area contributed by atoms with Crippen molar-refractivity contribution in [2.24, 2.45) is 5.41 Å². The summed E-state index contributed by atoms with van der Waals surface area (Å²) in [5.74, 6) is -3.16. The van der Waals surface area contributed by atoms with E-state index in [2.05, 4.69) is 0 Å².